The van der Waals surface area contributed by atoms with Gasteiger partial charge in [0.1, 0.15) is 5.69 Å². The summed E-state index contributed by atoms with van der Waals surface area (Å²) < 4.78 is 25.3. The molecule has 8 nitrogen and oxygen atoms in total. The van der Waals surface area contributed by atoms with Crippen molar-refractivity contribution in [2.75, 3.05) is 21.9 Å². The minimum Gasteiger partial charge on any atom is -0.296 e. The van der Waals surface area contributed by atoms with Gasteiger partial charge in [-0.15, -0.1) is 10.2 Å². The zero-order chi connectivity index (χ0) is 18.9. The zero-order valence-corrected chi connectivity index (χ0v) is 15.7. The first-order valence-electron chi connectivity index (χ1n) is 8.20. The second-order valence-electron chi connectivity index (χ2n) is 5.87. The Kier molecular flexibility index (Phi) is 4.58. The molecule has 0 aliphatic carbocycles. The molecule has 3 heterocycles. The van der Waals surface area contributed by atoms with Crippen molar-refractivity contribution in [3.8, 4) is 10.7 Å². The molecular formula is C17H15N5O3S2. The third-order valence-corrected chi connectivity index (χ3v) is 6.78. The fourth-order valence-corrected chi connectivity index (χ4v) is 5.02. The monoisotopic (exact) mass is 401 g/mol. The van der Waals surface area contributed by atoms with Crippen molar-refractivity contribution in [3.63, 3.8) is 0 Å². The number of amides is 1. The number of carbonyl (C=O) groups is 1. The average Bonchev–Trinajstić information content (AvgIpc) is 3.28. The van der Waals surface area contributed by atoms with E-state index < -0.39 is 10.0 Å². The highest BCUT2D eigenvalue weighted by atomic mass is 32.2. The minimum absolute atomic E-state index is 0.158. The van der Waals surface area contributed by atoms with Gasteiger partial charge < -0.3 is 0 Å². The summed E-state index contributed by atoms with van der Waals surface area (Å²) in [7, 11) is -3.24. The third kappa shape index (κ3) is 3.67. The first-order valence-corrected chi connectivity index (χ1v) is 10.6. The van der Waals surface area contributed by atoms with E-state index in [9.17, 15) is 13.2 Å². The third-order valence-electron chi connectivity index (χ3n) is 4.05. The van der Waals surface area contributed by atoms with Gasteiger partial charge in [-0.2, -0.15) is 0 Å². The Morgan fingerprint density at radius 1 is 1.11 bits per heavy atom. The summed E-state index contributed by atoms with van der Waals surface area (Å²) in [6, 6.07) is 11.9. The molecule has 0 unspecified atom stereocenters. The van der Waals surface area contributed by atoms with Gasteiger partial charge in [-0.05, 0) is 42.8 Å². The molecule has 0 spiro atoms. The molecule has 1 fully saturated rings. The molecule has 1 N–H and O–H groups in total. The Balaban J connectivity index is 1.47. The molecule has 1 saturated heterocycles. The summed E-state index contributed by atoms with van der Waals surface area (Å²) in [6.45, 7) is 0.467. The minimum atomic E-state index is -3.24. The van der Waals surface area contributed by atoms with Crippen LogP contribution in [0.3, 0.4) is 0 Å². The van der Waals surface area contributed by atoms with Crippen LogP contribution in [-0.4, -0.2) is 41.8 Å². The van der Waals surface area contributed by atoms with E-state index in [4.69, 9.17) is 0 Å². The number of hydrogen-bond donors (Lipinski definition) is 1. The van der Waals surface area contributed by atoms with E-state index in [-0.39, 0.29) is 11.7 Å². The van der Waals surface area contributed by atoms with Crippen molar-refractivity contribution in [2.24, 2.45) is 0 Å². The van der Waals surface area contributed by atoms with Crippen LogP contribution in [0.4, 0.5) is 10.8 Å². The van der Waals surface area contributed by atoms with Gasteiger partial charge in [0, 0.05) is 18.3 Å². The number of benzene rings is 1. The van der Waals surface area contributed by atoms with Crippen LogP contribution in [0, 0.1) is 0 Å². The van der Waals surface area contributed by atoms with Gasteiger partial charge in [-0.3, -0.25) is 19.4 Å². The molecule has 0 atom stereocenters. The van der Waals surface area contributed by atoms with Crippen LogP contribution in [0.5, 0.6) is 0 Å². The van der Waals surface area contributed by atoms with E-state index >= 15 is 0 Å². The van der Waals surface area contributed by atoms with Gasteiger partial charge in [0.2, 0.25) is 15.2 Å². The largest absolute Gasteiger partial charge is 0.296 e. The highest BCUT2D eigenvalue weighted by molar-refractivity contribution is 7.93. The summed E-state index contributed by atoms with van der Waals surface area (Å²) in [5.41, 5.74) is 1.66. The molecule has 3 aromatic rings. The quantitative estimate of drug-likeness (QED) is 0.720. The molecule has 138 valence electrons. The second kappa shape index (κ2) is 7.05. The maximum absolute atomic E-state index is 12.4. The SMILES string of the molecule is O=C(Nc1nnc(-c2ccccn2)s1)c1ccc(N2CCCS2(=O)=O)cc1. The van der Waals surface area contributed by atoms with Crippen molar-refractivity contribution < 1.29 is 13.2 Å². The molecule has 2 aromatic heterocycles. The van der Waals surface area contributed by atoms with E-state index in [2.05, 4.69) is 20.5 Å². The number of hydrogen-bond acceptors (Lipinski definition) is 7. The van der Waals surface area contributed by atoms with E-state index in [0.29, 0.717) is 40.0 Å². The van der Waals surface area contributed by atoms with Gasteiger partial charge in [-0.1, -0.05) is 17.4 Å². The first kappa shape index (κ1) is 17.6. The second-order valence-corrected chi connectivity index (χ2v) is 8.86. The number of anilines is 2. The van der Waals surface area contributed by atoms with E-state index in [1.807, 2.05) is 18.2 Å². The zero-order valence-electron chi connectivity index (χ0n) is 14.1. The maximum atomic E-state index is 12.4. The van der Waals surface area contributed by atoms with Crippen LogP contribution >= 0.6 is 11.3 Å². The summed E-state index contributed by atoms with van der Waals surface area (Å²) in [5, 5.41) is 11.7. The van der Waals surface area contributed by atoms with Crippen LogP contribution in [0.15, 0.2) is 48.7 Å². The Morgan fingerprint density at radius 3 is 2.59 bits per heavy atom. The molecule has 0 bridgehead atoms. The summed E-state index contributed by atoms with van der Waals surface area (Å²) in [6.07, 6.45) is 2.28. The standard InChI is InChI=1S/C17H15N5O3S2/c23-15(19-17-21-20-16(26-17)14-4-1-2-9-18-14)12-5-7-13(8-6-12)22-10-3-11-27(22,24)25/h1-2,4-9H,3,10-11H2,(H,19,21,23). The molecule has 1 aromatic carbocycles. The predicted molar refractivity (Wildman–Crippen MR) is 103 cm³/mol. The van der Waals surface area contributed by atoms with Crippen LogP contribution in [0.25, 0.3) is 10.7 Å². The van der Waals surface area contributed by atoms with Crippen LogP contribution in [0.1, 0.15) is 16.8 Å². The number of carbonyl (C=O) groups excluding carboxylic acids is 1. The molecule has 0 saturated carbocycles. The van der Waals surface area contributed by atoms with Gasteiger partial charge in [-0.25, -0.2) is 8.42 Å². The Hall–Kier alpha value is -2.85. The molecule has 1 aliphatic heterocycles. The number of rotatable bonds is 4. The molecule has 4 rings (SSSR count). The topological polar surface area (TPSA) is 105 Å². The molecule has 1 aliphatic rings. The van der Waals surface area contributed by atoms with Gasteiger partial charge in [0.05, 0.1) is 11.4 Å². The smallest absolute Gasteiger partial charge is 0.257 e. The highest BCUT2D eigenvalue weighted by Gasteiger charge is 2.28. The van der Waals surface area contributed by atoms with Crippen molar-refractivity contribution in [2.45, 2.75) is 6.42 Å². The van der Waals surface area contributed by atoms with Crippen molar-refractivity contribution in [1.29, 1.82) is 0 Å². The fourth-order valence-electron chi connectivity index (χ4n) is 2.74. The molecular weight excluding hydrogens is 386 g/mol. The summed E-state index contributed by atoms with van der Waals surface area (Å²) in [5.74, 6) is -0.181. The number of nitrogens with zero attached hydrogens (tertiary/aromatic N) is 4. The normalized spacial score (nSPS) is 15.6. The molecule has 10 heteroatoms. The van der Waals surface area contributed by atoms with E-state index in [1.165, 1.54) is 15.6 Å². The number of sulfonamides is 1. The maximum Gasteiger partial charge on any atom is 0.257 e. The summed E-state index contributed by atoms with van der Waals surface area (Å²) in [4.78, 5) is 16.6. The van der Waals surface area contributed by atoms with Crippen molar-refractivity contribution in [1.82, 2.24) is 15.2 Å². The van der Waals surface area contributed by atoms with Gasteiger partial charge in [0.25, 0.3) is 5.91 Å². The fraction of sp³-hybridized carbons (Fsp3) is 0.176. The number of nitrogens with one attached hydrogen (secondary N) is 1. The van der Waals surface area contributed by atoms with E-state index in [1.54, 1.807) is 30.5 Å². The Morgan fingerprint density at radius 2 is 1.93 bits per heavy atom. The number of pyridine rings is 1. The van der Waals surface area contributed by atoms with Crippen LogP contribution in [-0.2, 0) is 10.0 Å². The van der Waals surface area contributed by atoms with Crippen LogP contribution < -0.4 is 9.62 Å². The van der Waals surface area contributed by atoms with Gasteiger partial charge in [0.15, 0.2) is 5.01 Å². The molecule has 1 amide bonds. The predicted octanol–water partition coefficient (Wildman–Crippen LogP) is 2.39. The lowest BCUT2D eigenvalue weighted by Crippen LogP contribution is -2.25. The molecule has 0 radical (unpaired) electrons. The Labute approximate surface area is 159 Å². The lowest BCUT2D eigenvalue weighted by Gasteiger charge is -2.16. The molecule has 27 heavy (non-hydrogen) atoms. The van der Waals surface area contributed by atoms with Gasteiger partial charge >= 0.3 is 0 Å². The average molecular weight is 401 g/mol. The lowest BCUT2D eigenvalue weighted by atomic mass is 10.2. The van der Waals surface area contributed by atoms with E-state index in [0.717, 1.165) is 0 Å². The lowest BCUT2D eigenvalue weighted by molar-refractivity contribution is 0.102. The highest BCUT2D eigenvalue weighted by Crippen LogP contribution is 2.26. The summed E-state index contributed by atoms with van der Waals surface area (Å²) >= 11 is 1.23. The Bertz CT molecular complexity index is 1070. The van der Waals surface area contributed by atoms with Crippen LogP contribution in [0.2, 0.25) is 0 Å². The van der Waals surface area contributed by atoms with Crippen molar-refractivity contribution in [3.05, 3.63) is 54.2 Å². The van der Waals surface area contributed by atoms with Crippen molar-refractivity contribution >= 4 is 38.1 Å². The number of aromatic nitrogens is 3. The first-order chi connectivity index (χ1) is 13.0.